The molecular formula is C24H31ClIN5O3. The van der Waals surface area contributed by atoms with Crippen LogP contribution in [0.4, 0.5) is 10.7 Å². The van der Waals surface area contributed by atoms with Gasteiger partial charge < -0.3 is 24.8 Å². The van der Waals surface area contributed by atoms with Crippen molar-refractivity contribution in [3.8, 4) is 0 Å². The smallest absolute Gasteiger partial charge is 0.407 e. The summed E-state index contributed by atoms with van der Waals surface area (Å²) < 4.78 is 7.92. The molecule has 0 unspecified atom stereocenters. The highest BCUT2D eigenvalue weighted by Gasteiger charge is 2.30. The first kappa shape index (κ1) is 26.3. The number of piperidine rings is 1. The van der Waals surface area contributed by atoms with Gasteiger partial charge in [-0.25, -0.2) is 9.78 Å². The van der Waals surface area contributed by atoms with Crippen LogP contribution < -0.4 is 15.5 Å². The van der Waals surface area contributed by atoms with Crippen molar-refractivity contribution in [3.63, 3.8) is 0 Å². The van der Waals surface area contributed by atoms with Gasteiger partial charge in [-0.1, -0.05) is 35.9 Å². The molecule has 10 heteroatoms. The Labute approximate surface area is 219 Å². The highest BCUT2D eigenvalue weighted by Crippen LogP contribution is 2.27. The second kappa shape index (κ2) is 11.4. The first-order chi connectivity index (χ1) is 16.1. The van der Waals surface area contributed by atoms with E-state index in [0.717, 1.165) is 24.9 Å². The number of alkyl carbamates (subject to hydrolysis) is 1. The molecular weight excluding hydrogens is 569 g/mol. The molecule has 1 aromatic carbocycles. The molecule has 2 N–H and O–H groups in total. The third kappa shape index (κ3) is 6.88. The average molecular weight is 600 g/mol. The molecule has 8 nitrogen and oxygen atoms in total. The summed E-state index contributed by atoms with van der Waals surface area (Å²) in [6.45, 7) is 11.3. The molecule has 2 amide bonds. The van der Waals surface area contributed by atoms with E-state index in [9.17, 15) is 9.59 Å². The maximum absolute atomic E-state index is 13.0. The fourth-order valence-corrected chi connectivity index (χ4v) is 4.76. The van der Waals surface area contributed by atoms with Crippen molar-refractivity contribution in [2.75, 3.05) is 24.5 Å². The van der Waals surface area contributed by atoms with Crippen LogP contribution in [0.15, 0.2) is 36.9 Å². The molecule has 34 heavy (non-hydrogen) atoms. The molecule has 1 fully saturated rings. The number of carbonyl (C=O) groups is 2. The SMILES string of the molecule is C=CCNC(=O)c1c(I)nc(N2CCC[C@@H](NC(=O)OC(C)(C)C)C2)n1Cc1ccccc1Cl. The Morgan fingerprint density at radius 1 is 1.35 bits per heavy atom. The molecule has 3 rings (SSSR count). The van der Waals surface area contributed by atoms with Gasteiger partial charge in [0.2, 0.25) is 5.95 Å². The van der Waals surface area contributed by atoms with Gasteiger partial charge in [-0.15, -0.1) is 6.58 Å². The van der Waals surface area contributed by atoms with Crippen LogP contribution >= 0.6 is 34.2 Å². The Hall–Kier alpha value is -2.27. The van der Waals surface area contributed by atoms with Gasteiger partial charge in [-0.3, -0.25) is 4.79 Å². The fraction of sp³-hybridized carbons (Fsp3) is 0.458. The maximum Gasteiger partial charge on any atom is 0.407 e. The number of imidazole rings is 1. The number of hydrogen-bond acceptors (Lipinski definition) is 5. The van der Waals surface area contributed by atoms with Gasteiger partial charge in [0, 0.05) is 30.7 Å². The van der Waals surface area contributed by atoms with E-state index >= 15 is 0 Å². The second-order valence-corrected chi connectivity index (χ2v) is 10.6. The zero-order chi connectivity index (χ0) is 24.9. The standard InChI is InChI=1S/C24H31ClIN5O3/c1-5-12-27-21(32)19-20(26)29-22(31(19)14-16-9-6-7-11-18(16)25)30-13-8-10-17(15-30)28-23(33)34-24(2,3)4/h5-7,9,11,17H,1,8,10,12-15H2,2-4H3,(H,27,32)(H,28,33)/t17-/m1/s1. The van der Waals surface area contributed by atoms with Crippen LogP contribution in [0.5, 0.6) is 0 Å². The quantitative estimate of drug-likeness (QED) is 0.359. The van der Waals surface area contributed by atoms with E-state index in [4.69, 9.17) is 21.3 Å². The average Bonchev–Trinajstić information content (AvgIpc) is 3.08. The Balaban J connectivity index is 1.90. The highest BCUT2D eigenvalue weighted by atomic mass is 127. The van der Waals surface area contributed by atoms with Gasteiger partial charge in [0.05, 0.1) is 6.54 Å². The van der Waals surface area contributed by atoms with Crippen molar-refractivity contribution in [1.29, 1.82) is 0 Å². The molecule has 1 saturated heterocycles. The van der Waals surface area contributed by atoms with E-state index in [1.54, 1.807) is 6.08 Å². The van der Waals surface area contributed by atoms with Crippen molar-refractivity contribution < 1.29 is 14.3 Å². The third-order valence-electron chi connectivity index (χ3n) is 5.24. The number of ether oxygens (including phenoxy) is 1. The highest BCUT2D eigenvalue weighted by molar-refractivity contribution is 14.1. The number of anilines is 1. The minimum atomic E-state index is -0.562. The predicted molar refractivity (Wildman–Crippen MR) is 143 cm³/mol. The number of amides is 2. The summed E-state index contributed by atoms with van der Waals surface area (Å²) in [4.78, 5) is 32.2. The number of benzene rings is 1. The van der Waals surface area contributed by atoms with Gasteiger partial charge in [0.25, 0.3) is 5.91 Å². The van der Waals surface area contributed by atoms with E-state index in [0.29, 0.717) is 40.0 Å². The molecule has 0 radical (unpaired) electrons. The molecule has 184 valence electrons. The lowest BCUT2D eigenvalue weighted by Gasteiger charge is -2.34. The molecule has 2 heterocycles. The van der Waals surface area contributed by atoms with Crippen LogP contribution in [-0.4, -0.2) is 52.8 Å². The summed E-state index contributed by atoms with van der Waals surface area (Å²) >= 11 is 8.54. The lowest BCUT2D eigenvalue weighted by Crippen LogP contribution is -2.49. The second-order valence-electron chi connectivity index (χ2n) is 9.16. The van der Waals surface area contributed by atoms with Crippen LogP contribution in [0.2, 0.25) is 5.02 Å². The summed E-state index contributed by atoms with van der Waals surface area (Å²) in [5.41, 5.74) is 0.796. The van der Waals surface area contributed by atoms with Crippen LogP contribution in [0, 0.1) is 3.70 Å². The molecule has 1 aromatic heterocycles. The minimum Gasteiger partial charge on any atom is -0.444 e. The van der Waals surface area contributed by atoms with Gasteiger partial charge in [0.15, 0.2) is 0 Å². The molecule has 2 aromatic rings. The topological polar surface area (TPSA) is 88.5 Å². The summed E-state index contributed by atoms with van der Waals surface area (Å²) in [5, 5.41) is 6.45. The lowest BCUT2D eigenvalue weighted by molar-refractivity contribution is 0.0499. The molecule has 1 aliphatic rings. The van der Waals surface area contributed by atoms with Gasteiger partial charge in [0.1, 0.15) is 15.0 Å². The molecule has 0 bridgehead atoms. The molecule has 0 aliphatic carbocycles. The predicted octanol–water partition coefficient (Wildman–Crippen LogP) is 4.60. The third-order valence-corrected chi connectivity index (χ3v) is 6.36. The molecule has 1 atom stereocenters. The van der Waals surface area contributed by atoms with Crippen molar-refractivity contribution in [2.24, 2.45) is 0 Å². The van der Waals surface area contributed by atoms with Crippen molar-refractivity contribution in [3.05, 3.63) is 56.9 Å². The number of carbonyl (C=O) groups excluding carboxylic acids is 2. The van der Waals surface area contributed by atoms with E-state index < -0.39 is 11.7 Å². The first-order valence-electron chi connectivity index (χ1n) is 11.2. The van der Waals surface area contributed by atoms with Crippen LogP contribution in [-0.2, 0) is 11.3 Å². The van der Waals surface area contributed by atoms with E-state index in [1.165, 1.54) is 0 Å². The first-order valence-corrected chi connectivity index (χ1v) is 12.7. The van der Waals surface area contributed by atoms with Crippen molar-refractivity contribution >= 4 is 52.1 Å². The maximum atomic E-state index is 13.0. The number of aromatic nitrogens is 2. The fourth-order valence-electron chi connectivity index (χ4n) is 3.82. The number of nitrogens with zero attached hydrogens (tertiary/aromatic N) is 3. The van der Waals surface area contributed by atoms with Crippen LogP contribution in [0.25, 0.3) is 0 Å². The number of nitrogens with one attached hydrogen (secondary N) is 2. The van der Waals surface area contributed by atoms with E-state index in [1.807, 2.05) is 49.6 Å². The molecule has 1 aliphatic heterocycles. The van der Waals surface area contributed by atoms with Crippen molar-refractivity contribution in [1.82, 2.24) is 20.2 Å². The van der Waals surface area contributed by atoms with Gasteiger partial charge in [-0.05, 0) is 67.8 Å². The summed E-state index contributed by atoms with van der Waals surface area (Å²) in [6, 6.07) is 7.47. The van der Waals surface area contributed by atoms with E-state index in [-0.39, 0.29) is 11.9 Å². The van der Waals surface area contributed by atoms with Crippen LogP contribution in [0.1, 0.15) is 49.7 Å². The Morgan fingerprint density at radius 3 is 2.76 bits per heavy atom. The monoisotopic (exact) mass is 599 g/mol. The Bertz CT molecular complexity index is 1050. The van der Waals surface area contributed by atoms with Gasteiger partial charge in [-0.2, -0.15) is 0 Å². The zero-order valence-corrected chi connectivity index (χ0v) is 22.6. The van der Waals surface area contributed by atoms with E-state index in [2.05, 4.69) is 44.7 Å². The van der Waals surface area contributed by atoms with Crippen LogP contribution in [0.3, 0.4) is 0 Å². The Morgan fingerprint density at radius 2 is 2.09 bits per heavy atom. The number of rotatable bonds is 7. The summed E-state index contributed by atoms with van der Waals surface area (Å²) in [6.07, 6.45) is 2.91. The largest absolute Gasteiger partial charge is 0.444 e. The number of hydrogen-bond donors (Lipinski definition) is 2. The summed E-state index contributed by atoms with van der Waals surface area (Å²) in [5.74, 6) is 0.444. The summed E-state index contributed by atoms with van der Waals surface area (Å²) in [7, 11) is 0. The minimum absolute atomic E-state index is 0.0928. The van der Waals surface area contributed by atoms with Crippen molar-refractivity contribution in [2.45, 2.75) is 51.8 Å². The number of halogens is 2. The molecule has 0 saturated carbocycles. The Kier molecular flexibility index (Phi) is 8.86. The molecule has 0 spiro atoms. The normalized spacial score (nSPS) is 16.1. The van der Waals surface area contributed by atoms with Gasteiger partial charge >= 0.3 is 6.09 Å². The lowest BCUT2D eigenvalue weighted by atomic mass is 10.1. The zero-order valence-electron chi connectivity index (χ0n) is 19.7.